The van der Waals surface area contributed by atoms with Gasteiger partial charge < -0.3 is 10.2 Å². The van der Waals surface area contributed by atoms with Gasteiger partial charge in [-0.15, -0.1) is 11.8 Å². The summed E-state index contributed by atoms with van der Waals surface area (Å²) in [6, 6.07) is -0.579. The number of aliphatic hydroxyl groups excluding tert-OH is 1. The van der Waals surface area contributed by atoms with Crippen molar-refractivity contribution in [2.75, 3.05) is 5.75 Å². The van der Waals surface area contributed by atoms with Crippen LogP contribution in [0.5, 0.6) is 0 Å². The van der Waals surface area contributed by atoms with E-state index < -0.39 is 17.6 Å². The van der Waals surface area contributed by atoms with Crippen LogP contribution in [0.15, 0.2) is 0 Å². The van der Waals surface area contributed by atoms with Gasteiger partial charge in [0.05, 0.1) is 0 Å². The van der Waals surface area contributed by atoms with Crippen LogP contribution in [0.1, 0.15) is 0 Å². The molecule has 0 aromatic carbocycles. The number of aliphatic carboxylic acids is 1. The number of nitrogens with one attached hydrogen (secondary N) is 1. The third kappa shape index (κ3) is 1.57. The van der Waals surface area contributed by atoms with Crippen molar-refractivity contribution < 1.29 is 15.0 Å². The van der Waals surface area contributed by atoms with Gasteiger partial charge in [-0.1, -0.05) is 0 Å². The molecule has 3 N–H and O–H groups in total. The first-order valence-corrected chi connectivity index (χ1v) is 3.53. The van der Waals surface area contributed by atoms with Crippen molar-refractivity contribution in [1.82, 2.24) is 5.32 Å². The van der Waals surface area contributed by atoms with E-state index in [1.807, 2.05) is 0 Å². The molecule has 1 rings (SSSR count). The summed E-state index contributed by atoms with van der Waals surface area (Å²) in [6.45, 7) is 0. The zero-order valence-corrected chi connectivity index (χ0v) is 5.39. The molecule has 5 heteroatoms. The van der Waals surface area contributed by atoms with E-state index in [2.05, 4.69) is 5.32 Å². The molecule has 1 aliphatic heterocycles. The predicted octanol–water partition coefficient (Wildman–Crippen LogP) is -0.948. The molecule has 9 heavy (non-hydrogen) atoms. The average Bonchev–Trinajstić information content (AvgIpc) is 2.14. The molecule has 0 aliphatic carbocycles. The Morgan fingerprint density at radius 2 is 2.44 bits per heavy atom. The molecule has 0 bridgehead atoms. The van der Waals surface area contributed by atoms with Crippen LogP contribution >= 0.6 is 11.8 Å². The zero-order chi connectivity index (χ0) is 6.85. The van der Waals surface area contributed by atoms with E-state index in [0.29, 0.717) is 5.75 Å². The van der Waals surface area contributed by atoms with Gasteiger partial charge in [0.15, 0.2) is 5.56 Å². The summed E-state index contributed by atoms with van der Waals surface area (Å²) in [5, 5.41) is 19.6. The van der Waals surface area contributed by atoms with Crippen LogP contribution < -0.4 is 5.32 Å². The van der Waals surface area contributed by atoms with Crippen molar-refractivity contribution in [3.63, 3.8) is 0 Å². The van der Waals surface area contributed by atoms with Crippen molar-refractivity contribution in [2.45, 2.75) is 11.6 Å². The molecule has 2 atom stereocenters. The largest absolute Gasteiger partial charge is 0.480 e. The quantitative estimate of drug-likeness (QED) is 0.448. The molecule has 1 unspecified atom stereocenters. The van der Waals surface area contributed by atoms with Crippen molar-refractivity contribution in [2.24, 2.45) is 0 Å². The third-order valence-corrected chi connectivity index (χ3v) is 2.04. The number of thioether (sulfide) groups is 1. The van der Waals surface area contributed by atoms with E-state index in [0.717, 1.165) is 0 Å². The summed E-state index contributed by atoms with van der Waals surface area (Å²) in [5.74, 6) is -0.463. The molecule has 0 spiro atoms. The van der Waals surface area contributed by atoms with Crippen LogP contribution in [0, 0.1) is 0 Å². The minimum Gasteiger partial charge on any atom is -0.480 e. The Morgan fingerprint density at radius 3 is 2.67 bits per heavy atom. The average molecular weight is 149 g/mol. The third-order valence-electron chi connectivity index (χ3n) is 1.06. The zero-order valence-electron chi connectivity index (χ0n) is 4.57. The van der Waals surface area contributed by atoms with E-state index in [9.17, 15) is 4.79 Å². The molecule has 0 aromatic rings. The van der Waals surface area contributed by atoms with Crippen molar-refractivity contribution in [3.8, 4) is 0 Å². The van der Waals surface area contributed by atoms with Gasteiger partial charge in [-0.3, -0.25) is 10.1 Å². The molecule has 0 amide bonds. The number of carbonyl (C=O) groups is 1. The number of carboxylic acids is 1. The smallest absolute Gasteiger partial charge is 0.321 e. The van der Waals surface area contributed by atoms with Crippen molar-refractivity contribution >= 4 is 17.7 Å². The maximum Gasteiger partial charge on any atom is 0.321 e. The van der Waals surface area contributed by atoms with Crippen LogP contribution in [0.25, 0.3) is 0 Å². The van der Waals surface area contributed by atoms with Crippen LogP contribution in [-0.2, 0) is 4.79 Å². The Hall–Kier alpha value is -0.260. The lowest BCUT2D eigenvalue weighted by Gasteiger charge is -2.01. The minimum atomic E-state index is -0.904. The second kappa shape index (κ2) is 2.55. The first-order valence-electron chi connectivity index (χ1n) is 2.48. The van der Waals surface area contributed by atoms with Gasteiger partial charge >= 0.3 is 5.97 Å². The molecule has 1 heterocycles. The van der Waals surface area contributed by atoms with Gasteiger partial charge in [0.2, 0.25) is 0 Å². The maximum absolute atomic E-state index is 10.2. The van der Waals surface area contributed by atoms with E-state index in [4.69, 9.17) is 10.2 Å². The monoisotopic (exact) mass is 149 g/mol. The van der Waals surface area contributed by atoms with Crippen molar-refractivity contribution in [1.29, 1.82) is 0 Å². The SMILES string of the molecule is O=C(O)C1CS[C@@H](O)N1. The first-order chi connectivity index (χ1) is 4.20. The topological polar surface area (TPSA) is 69.6 Å². The fourth-order valence-corrected chi connectivity index (χ4v) is 1.47. The number of aliphatic hydroxyl groups is 1. The Kier molecular flexibility index (Phi) is 1.94. The maximum atomic E-state index is 10.2. The predicted molar refractivity (Wildman–Crippen MR) is 33.0 cm³/mol. The fraction of sp³-hybridized carbons (Fsp3) is 0.750. The van der Waals surface area contributed by atoms with Crippen molar-refractivity contribution in [3.05, 3.63) is 0 Å². The molecule has 0 radical (unpaired) electrons. The highest BCUT2D eigenvalue weighted by Gasteiger charge is 2.27. The lowest BCUT2D eigenvalue weighted by molar-refractivity contribution is -0.139. The van der Waals surface area contributed by atoms with Crippen LogP contribution in [0.2, 0.25) is 0 Å². The summed E-state index contributed by atoms with van der Waals surface area (Å²) in [4.78, 5) is 10.2. The molecular formula is C4H7NO3S. The normalized spacial score (nSPS) is 34.8. The van der Waals surface area contributed by atoms with Gasteiger partial charge in [0.25, 0.3) is 0 Å². The first kappa shape index (κ1) is 6.85. The number of hydrogen-bond donors (Lipinski definition) is 3. The van der Waals surface area contributed by atoms with Crippen LogP contribution in [0.3, 0.4) is 0 Å². The Balaban J connectivity index is 2.39. The summed E-state index contributed by atoms with van der Waals surface area (Å²) in [5.41, 5.74) is -0.703. The number of hydrogen-bond acceptors (Lipinski definition) is 4. The second-order valence-corrected chi connectivity index (χ2v) is 2.86. The molecule has 0 saturated carbocycles. The summed E-state index contributed by atoms with van der Waals surface area (Å²) in [7, 11) is 0. The molecular weight excluding hydrogens is 142 g/mol. The lowest BCUT2D eigenvalue weighted by atomic mass is 10.4. The van der Waals surface area contributed by atoms with Gasteiger partial charge in [0.1, 0.15) is 6.04 Å². The van der Waals surface area contributed by atoms with E-state index in [1.165, 1.54) is 11.8 Å². The lowest BCUT2D eigenvalue weighted by Crippen LogP contribution is -2.36. The summed E-state index contributed by atoms with van der Waals surface area (Å²) >= 11 is 1.20. The van der Waals surface area contributed by atoms with E-state index in [-0.39, 0.29) is 0 Å². The highest BCUT2D eigenvalue weighted by atomic mass is 32.2. The van der Waals surface area contributed by atoms with Gasteiger partial charge in [0, 0.05) is 5.75 Å². The molecule has 1 saturated heterocycles. The van der Waals surface area contributed by atoms with E-state index >= 15 is 0 Å². The highest BCUT2D eigenvalue weighted by Crippen LogP contribution is 2.15. The number of carboxylic acid groups (broad SMARTS) is 1. The van der Waals surface area contributed by atoms with Gasteiger partial charge in [-0.2, -0.15) is 0 Å². The highest BCUT2D eigenvalue weighted by molar-refractivity contribution is 8.00. The molecule has 4 nitrogen and oxygen atoms in total. The molecule has 0 aromatic heterocycles. The molecule has 52 valence electrons. The Bertz CT molecular complexity index is 129. The standard InChI is InChI=1S/C4H7NO3S/c6-3(7)2-1-9-4(8)5-2/h2,4-5,8H,1H2,(H,6,7)/t2?,4-/m1/s1. The van der Waals surface area contributed by atoms with Crippen LogP contribution in [0.4, 0.5) is 0 Å². The minimum absolute atomic E-state index is 0.441. The Labute approximate surface area is 56.3 Å². The molecule has 1 fully saturated rings. The Morgan fingerprint density at radius 1 is 1.78 bits per heavy atom. The second-order valence-electron chi connectivity index (χ2n) is 1.74. The van der Waals surface area contributed by atoms with Gasteiger partial charge in [-0.05, 0) is 0 Å². The number of rotatable bonds is 1. The molecule has 1 aliphatic rings. The van der Waals surface area contributed by atoms with E-state index in [1.54, 1.807) is 0 Å². The summed E-state index contributed by atoms with van der Waals surface area (Å²) < 4.78 is 0. The van der Waals surface area contributed by atoms with Crippen LogP contribution in [-0.4, -0.2) is 33.5 Å². The summed E-state index contributed by atoms with van der Waals surface area (Å²) in [6.07, 6.45) is 0. The van der Waals surface area contributed by atoms with Gasteiger partial charge in [-0.25, -0.2) is 0 Å². The fourth-order valence-electron chi connectivity index (χ4n) is 0.598.